The molecule has 1 N–H and O–H groups in total. The molecule has 0 bridgehead atoms. The summed E-state index contributed by atoms with van der Waals surface area (Å²) < 4.78 is 16.3. The highest BCUT2D eigenvalue weighted by molar-refractivity contribution is 6.09. The fraction of sp³-hybridized carbons (Fsp3) is 0.0833. The molecule has 0 fully saturated rings. The molecule has 0 atom stereocenters. The van der Waals surface area contributed by atoms with E-state index >= 15 is 0 Å². The molecule has 0 unspecified atom stereocenters. The highest BCUT2D eigenvalue weighted by Gasteiger charge is 2.24. The molecule has 3 aromatic heterocycles. The summed E-state index contributed by atoms with van der Waals surface area (Å²) in [5, 5.41) is 10.9. The summed E-state index contributed by atoms with van der Waals surface area (Å²) >= 11 is 0. The molecule has 0 aliphatic rings. The molecule has 0 saturated heterocycles. The lowest BCUT2D eigenvalue weighted by molar-refractivity contribution is 0.102. The van der Waals surface area contributed by atoms with Crippen LogP contribution >= 0.6 is 0 Å². The monoisotopic (exact) mass is 427 g/mol. The largest absolute Gasteiger partial charge is 0.456 e. The quantitative estimate of drug-likeness (QED) is 0.431. The Morgan fingerprint density at radius 1 is 0.938 bits per heavy atom. The van der Waals surface area contributed by atoms with Gasteiger partial charge in [-0.3, -0.25) is 9.59 Å². The first kappa shape index (κ1) is 19.5. The predicted octanol–water partition coefficient (Wildman–Crippen LogP) is 4.97. The predicted molar refractivity (Wildman–Crippen MR) is 117 cm³/mol. The Morgan fingerprint density at radius 2 is 1.75 bits per heavy atom. The summed E-state index contributed by atoms with van der Waals surface area (Å²) in [6.45, 7) is 3.40. The average molecular weight is 427 g/mol. The number of hydrogen-bond acceptors (Lipinski definition) is 7. The average Bonchev–Trinajstić information content (AvgIpc) is 3.40. The van der Waals surface area contributed by atoms with Gasteiger partial charge >= 0.3 is 0 Å². The van der Waals surface area contributed by atoms with Crippen LogP contribution in [0.1, 0.15) is 21.8 Å². The van der Waals surface area contributed by atoms with Gasteiger partial charge in [0, 0.05) is 23.4 Å². The minimum Gasteiger partial charge on any atom is -0.456 e. The molecule has 3 heterocycles. The summed E-state index contributed by atoms with van der Waals surface area (Å²) in [6.07, 6.45) is 0. The first-order chi connectivity index (χ1) is 15.5. The number of fused-ring (bicyclic) bond motifs is 1. The number of nitrogens with zero attached hydrogens (tertiary/aromatic N) is 2. The number of aromatic nitrogens is 2. The number of anilines is 1. The summed E-state index contributed by atoms with van der Waals surface area (Å²) in [6, 6.07) is 17.4. The van der Waals surface area contributed by atoms with Crippen LogP contribution < -0.4 is 10.7 Å². The van der Waals surface area contributed by atoms with E-state index in [1.807, 2.05) is 30.3 Å². The smallest absolute Gasteiger partial charge is 0.261 e. The lowest BCUT2D eigenvalue weighted by Crippen LogP contribution is -2.14. The van der Waals surface area contributed by atoms with Crippen molar-refractivity contribution in [3.05, 3.63) is 87.9 Å². The number of benzene rings is 2. The second kappa shape index (κ2) is 7.66. The van der Waals surface area contributed by atoms with Crippen molar-refractivity contribution >= 4 is 22.6 Å². The first-order valence-corrected chi connectivity index (χ1v) is 9.84. The maximum atomic E-state index is 13.0. The van der Waals surface area contributed by atoms with Gasteiger partial charge < -0.3 is 18.8 Å². The third-order valence-corrected chi connectivity index (χ3v) is 4.99. The molecule has 0 saturated carbocycles. The highest BCUT2D eigenvalue weighted by atomic mass is 16.5. The van der Waals surface area contributed by atoms with Gasteiger partial charge in [0.2, 0.25) is 5.76 Å². The SMILES string of the molecule is Cc1cc(-c2onc(C)c2C(=O)Nc2ccc3oc(-c4ccccc4)cc(=O)c3c2)no1. The Balaban J connectivity index is 1.48. The molecule has 2 aromatic carbocycles. The fourth-order valence-corrected chi connectivity index (χ4v) is 3.46. The Labute approximate surface area is 181 Å². The molecule has 32 heavy (non-hydrogen) atoms. The Morgan fingerprint density at radius 3 is 2.50 bits per heavy atom. The minimum atomic E-state index is -0.441. The molecule has 0 aliphatic carbocycles. The number of carbonyl (C=O) groups is 1. The van der Waals surface area contributed by atoms with Crippen molar-refractivity contribution < 1.29 is 18.3 Å². The molecule has 158 valence electrons. The van der Waals surface area contributed by atoms with Gasteiger partial charge in [-0.2, -0.15) is 0 Å². The summed E-state index contributed by atoms with van der Waals surface area (Å²) in [4.78, 5) is 25.7. The van der Waals surface area contributed by atoms with E-state index in [1.165, 1.54) is 6.07 Å². The van der Waals surface area contributed by atoms with Crippen LogP contribution in [0, 0.1) is 13.8 Å². The van der Waals surface area contributed by atoms with Crippen molar-refractivity contribution in [1.82, 2.24) is 10.3 Å². The van der Waals surface area contributed by atoms with Gasteiger partial charge in [0.1, 0.15) is 22.7 Å². The zero-order valence-electron chi connectivity index (χ0n) is 17.2. The summed E-state index contributed by atoms with van der Waals surface area (Å²) in [5.74, 6) is 0.831. The van der Waals surface area contributed by atoms with Crippen molar-refractivity contribution in [2.45, 2.75) is 13.8 Å². The van der Waals surface area contributed by atoms with E-state index in [9.17, 15) is 9.59 Å². The van der Waals surface area contributed by atoms with Crippen molar-refractivity contribution in [1.29, 1.82) is 0 Å². The number of hydrogen-bond donors (Lipinski definition) is 1. The lowest BCUT2D eigenvalue weighted by Gasteiger charge is -2.07. The number of aryl methyl sites for hydroxylation is 2. The molecular weight excluding hydrogens is 410 g/mol. The van der Waals surface area contributed by atoms with Gasteiger partial charge in [0.15, 0.2) is 11.1 Å². The molecular formula is C24H17N3O5. The van der Waals surface area contributed by atoms with Gasteiger partial charge in [-0.05, 0) is 32.0 Å². The van der Waals surface area contributed by atoms with E-state index in [2.05, 4.69) is 15.6 Å². The van der Waals surface area contributed by atoms with E-state index in [0.717, 1.165) is 5.56 Å². The topological polar surface area (TPSA) is 111 Å². The normalized spacial score (nSPS) is 11.1. The van der Waals surface area contributed by atoms with E-state index in [4.69, 9.17) is 13.5 Å². The van der Waals surface area contributed by atoms with Gasteiger partial charge in [-0.25, -0.2) is 0 Å². The van der Waals surface area contributed by atoms with Crippen molar-refractivity contribution in [2.75, 3.05) is 5.32 Å². The maximum absolute atomic E-state index is 13.0. The standard InChI is InChI=1S/C24H17N3O5/c1-13-10-18(27-31-13)23-22(14(2)26-32-23)24(29)25-16-8-9-20-17(11-16)19(28)12-21(30-20)15-6-4-3-5-7-15/h3-12H,1-2H3,(H,25,29). The number of carbonyl (C=O) groups excluding carboxylic acids is 1. The summed E-state index contributed by atoms with van der Waals surface area (Å²) in [7, 11) is 0. The van der Waals surface area contributed by atoms with Gasteiger partial charge in [-0.15, -0.1) is 0 Å². The van der Waals surface area contributed by atoms with E-state index in [-0.39, 0.29) is 16.8 Å². The maximum Gasteiger partial charge on any atom is 0.261 e. The van der Waals surface area contributed by atoms with Crippen LogP contribution in [0.2, 0.25) is 0 Å². The third-order valence-electron chi connectivity index (χ3n) is 4.99. The number of rotatable bonds is 4. The second-order valence-electron chi connectivity index (χ2n) is 7.30. The van der Waals surface area contributed by atoms with Crippen LogP contribution in [-0.4, -0.2) is 16.2 Å². The number of nitrogens with one attached hydrogen (secondary N) is 1. The van der Waals surface area contributed by atoms with E-state index < -0.39 is 5.91 Å². The molecule has 0 spiro atoms. The molecule has 8 nitrogen and oxygen atoms in total. The highest BCUT2D eigenvalue weighted by Crippen LogP contribution is 2.28. The molecule has 1 amide bonds. The first-order valence-electron chi connectivity index (χ1n) is 9.84. The fourth-order valence-electron chi connectivity index (χ4n) is 3.46. The lowest BCUT2D eigenvalue weighted by atomic mass is 10.1. The minimum absolute atomic E-state index is 0.207. The second-order valence-corrected chi connectivity index (χ2v) is 7.30. The van der Waals surface area contributed by atoms with Crippen LogP contribution in [-0.2, 0) is 0 Å². The van der Waals surface area contributed by atoms with E-state index in [0.29, 0.717) is 39.6 Å². The Hall–Kier alpha value is -4.46. The van der Waals surface area contributed by atoms with Gasteiger partial charge in [0.25, 0.3) is 5.91 Å². The van der Waals surface area contributed by atoms with Crippen LogP contribution in [0.4, 0.5) is 5.69 Å². The van der Waals surface area contributed by atoms with Crippen LogP contribution in [0.5, 0.6) is 0 Å². The van der Waals surface area contributed by atoms with Gasteiger partial charge in [0.05, 0.1) is 11.1 Å². The van der Waals surface area contributed by atoms with Crippen LogP contribution in [0.25, 0.3) is 33.7 Å². The third kappa shape index (κ3) is 3.47. The Kier molecular flexibility index (Phi) is 4.67. The van der Waals surface area contributed by atoms with Crippen LogP contribution in [0.3, 0.4) is 0 Å². The van der Waals surface area contributed by atoms with E-state index in [1.54, 1.807) is 38.1 Å². The van der Waals surface area contributed by atoms with Crippen LogP contribution in [0.15, 0.2) is 78.9 Å². The zero-order chi connectivity index (χ0) is 22.2. The van der Waals surface area contributed by atoms with Gasteiger partial charge in [-0.1, -0.05) is 40.6 Å². The Bertz CT molecular complexity index is 1510. The molecule has 5 aromatic rings. The summed E-state index contributed by atoms with van der Waals surface area (Å²) in [5.41, 5.74) is 2.49. The van der Waals surface area contributed by atoms with Crippen molar-refractivity contribution in [3.8, 4) is 22.8 Å². The van der Waals surface area contributed by atoms with Crippen molar-refractivity contribution in [3.63, 3.8) is 0 Å². The zero-order valence-corrected chi connectivity index (χ0v) is 17.2. The molecule has 5 rings (SSSR count). The number of amides is 1. The molecule has 8 heteroatoms. The van der Waals surface area contributed by atoms with Crippen molar-refractivity contribution in [2.24, 2.45) is 0 Å². The molecule has 0 radical (unpaired) electrons. The molecule has 0 aliphatic heterocycles.